The van der Waals surface area contributed by atoms with Crippen LogP contribution in [0.3, 0.4) is 0 Å². The zero-order valence-corrected chi connectivity index (χ0v) is 20.0. The smallest absolute Gasteiger partial charge is 0.417 e. The number of nitrogens with one attached hydrogen (secondary N) is 1. The van der Waals surface area contributed by atoms with Crippen molar-refractivity contribution in [1.29, 1.82) is 0 Å². The third kappa shape index (κ3) is 5.20. The molecule has 0 saturated carbocycles. The van der Waals surface area contributed by atoms with E-state index >= 15 is 0 Å². The van der Waals surface area contributed by atoms with Crippen LogP contribution in [0, 0.1) is 0 Å². The molecule has 1 fully saturated rings. The van der Waals surface area contributed by atoms with Crippen molar-refractivity contribution < 1.29 is 22.7 Å². The molecule has 0 aliphatic carbocycles. The number of hydrogen-bond donors (Lipinski definition) is 3. The molecule has 1 unspecified atom stereocenters. The van der Waals surface area contributed by atoms with Crippen LogP contribution >= 0.6 is 11.3 Å². The van der Waals surface area contributed by atoms with Gasteiger partial charge in [-0.2, -0.15) is 18.3 Å². The number of aromatic nitrogens is 3. The van der Waals surface area contributed by atoms with Gasteiger partial charge in [-0.3, -0.25) is 9.48 Å². The van der Waals surface area contributed by atoms with Gasteiger partial charge in [-0.25, -0.2) is 4.98 Å². The van der Waals surface area contributed by atoms with Crippen molar-refractivity contribution in [2.24, 2.45) is 12.8 Å². The third-order valence-electron chi connectivity index (χ3n) is 5.86. The SMILES string of the molecule is COc1ccc(-c2nc(C(=O)Nc3cnn(C)c3N3CCCC(N)CC3)c(N)s2)c(C(F)(F)F)c1. The zero-order valence-electron chi connectivity index (χ0n) is 19.2. The summed E-state index contributed by atoms with van der Waals surface area (Å²) in [7, 11) is 3.05. The molecule has 35 heavy (non-hydrogen) atoms. The number of thiazole rings is 1. The number of nitrogens with two attached hydrogens (primary N) is 2. The van der Waals surface area contributed by atoms with Crippen molar-refractivity contribution in [2.45, 2.75) is 31.5 Å². The van der Waals surface area contributed by atoms with Gasteiger partial charge in [0.2, 0.25) is 0 Å². The van der Waals surface area contributed by atoms with Gasteiger partial charge in [-0.1, -0.05) is 11.3 Å². The lowest BCUT2D eigenvalue weighted by molar-refractivity contribution is -0.137. The number of rotatable bonds is 5. The Bertz CT molecular complexity index is 1220. The second-order valence-corrected chi connectivity index (χ2v) is 9.31. The molecule has 1 aliphatic rings. The second-order valence-electron chi connectivity index (χ2n) is 8.28. The van der Waals surface area contributed by atoms with Gasteiger partial charge >= 0.3 is 6.18 Å². The molecule has 13 heteroatoms. The van der Waals surface area contributed by atoms with E-state index in [0.29, 0.717) is 12.2 Å². The van der Waals surface area contributed by atoms with Crippen molar-refractivity contribution in [3.63, 3.8) is 0 Å². The van der Waals surface area contributed by atoms with Gasteiger partial charge in [0.25, 0.3) is 5.91 Å². The number of amides is 1. The number of aryl methyl sites for hydroxylation is 1. The number of nitrogen functional groups attached to an aromatic ring is 1. The van der Waals surface area contributed by atoms with E-state index in [4.69, 9.17) is 16.2 Å². The van der Waals surface area contributed by atoms with Crippen LogP contribution in [0.25, 0.3) is 10.6 Å². The van der Waals surface area contributed by atoms with Crippen LogP contribution in [0.2, 0.25) is 0 Å². The van der Waals surface area contributed by atoms with Crippen LogP contribution in [0.15, 0.2) is 24.4 Å². The molecular weight excluding hydrogens is 483 g/mol. The number of alkyl halides is 3. The predicted octanol–water partition coefficient (Wildman–Crippen LogP) is 3.72. The molecular formula is C22H26F3N7O2S. The molecule has 1 aromatic carbocycles. The molecule has 0 radical (unpaired) electrons. The summed E-state index contributed by atoms with van der Waals surface area (Å²) in [6.07, 6.45) is -0.491. The van der Waals surface area contributed by atoms with Gasteiger partial charge in [-0.15, -0.1) is 0 Å². The van der Waals surface area contributed by atoms with Gasteiger partial charge in [0.05, 0.1) is 18.9 Å². The summed E-state index contributed by atoms with van der Waals surface area (Å²) in [5.41, 5.74) is 11.3. The largest absolute Gasteiger partial charge is 0.497 e. The maximum absolute atomic E-state index is 13.7. The summed E-state index contributed by atoms with van der Waals surface area (Å²) in [6, 6.07) is 3.67. The van der Waals surface area contributed by atoms with Gasteiger partial charge in [0, 0.05) is 31.7 Å². The third-order valence-corrected chi connectivity index (χ3v) is 6.78. The molecule has 0 bridgehead atoms. The molecule has 0 spiro atoms. The summed E-state index contributed by atoms with van der Waals surface area (Å²) in [4.78, 5) is 19.3. The van der Waals surface area contributed by atoms with Crippen molar-refractivity contribution in [1.82, 2.24) is 14.8 Å². The number of halogens is 3. The molecule has 4 rings (SSSR count). The summed E-state index contributed by atoms with van der Waals surface area (Å²) >= 11 is 0.810. The minimum absolute atomic E-state index is 0.00706. The molecule has 1 atom stereocenters. The summed E-state index contributed by atoms with van der Waals surface area (Å²) in [5.74, 6) is 0.144. The maximum Gasteiger partial charge on any atom is 0.417 e. The minimum Gasteiger partial charge on any atom is -0.497 e. The molecule has 1 saturated heterocycles. The number of anilines is 3. The van der Waals surface area contributed by atoms with Crippen molar-refractivity contribution >= 4 is 33.8 Å². The number of methoxy groups -OCH3 is 1. The van der Waals surface area contributed by atoms with E-state index in [0.717, 1.165) is 49.0 Å². The first-order valence-electron chi connectivity index (χ1n) is 10.9. The maximum atomic E-state index is 13.7. The number of carbonyl (C=O) groups excluding carboxylic acids is 1. The average Bonchev–Trinajstić information content (AvgIpc) is 3.29. The first-order valence-corrected chi connectivity index (χ1v) is 11.8. The zero-order chi connectivity index (χ0) is 25.3. The number of nitrogens with zero attached hydrogens (tertiary/aromatic N) is 4. The van der Waals surface area contributed by atoms with E-state index in [1.807, 2.05) is 0 Å². The monoisotopic (exact) mass is 509 g/mol. The van der Waals surface area contributed by atoms with E-state index in [1.165, 1.54) is 25.4 Å². The Kier molecular flexibility index (Phi) is 6.90. The molecule has 2 aromatic heterocycles. The van der Waals surface area contributed by atoms with Gasteiger partial charge < -0.3 is 26.4 Å². The lowest BCUT2D eigenvalue weighted by Crippen LogP contribution is -2.29. The Balaban J connectivity index is 1.62. The Labute approximate surface area is 203 Å². The lowest BCUT2D eigenvalue weighted by atomic mass is 10.1. The van der Waals surface area contributed by atoms with Crippen LogP contribution in [-0.2, 0) is 13.2 Å². The quantitative estimate of drug-likeness (QED) is 0.479. The van der Waals surface area contributed by atoms with Gasteiger partial charge in [-0.05, 0) is 37.5 Å². The molecule has 1 amide bonds. The van der Waals surface area contributed by atoms with Gasteiger partial charge in [0.1, 0.15) is 21.4 Å². The van der Waals surface area contributed by atoms with E-state index in [2.05, 4.69) is 20.3 Å². The van der Waals surface area contributed by atoms with E-state index in [9.17, 15) is 18.0 Å². The van der Waals surface area contributed by atoms with Crippen LogP contribution in [0.5, 0.6) is 5.75 Å². The number of carbonyl (C=O) groups is 1. The number of ether oxygens (including phenoxy) is 1. The Morgan fingerprint density at radius 2 is 2.06 bits per heavy atom. The van der Waals surface area contributed by atoms with Crippen LogP contribution in [0.1, 0.15) is 35.3 Å². The highest BCUT2D eigenvalue weighted by atomic mass is 32.1. The summed E-state index contributed by atoms with van der Waals surface area (Å²) in [6.45, 7) is 1.47. The van der Waals surface area contributed by atoms with Gasteiger partial charge in [0.15, 0.2) is 11.5 Å². The van der Waals surface area contributed by atoms with Crippen LogP contribution in [-0.4, -0.2) is 46.9 Å². The van der Waals surface area contributed by atoms with Crippen LogP contribution < -0.4 is 26.4 Å². The fourth-order valence-electron chi connectivity index (χ4n) is 4.09. The highest BCUT2D eigenvalue weighted by molar-refractivity contribution is 7.19. The molecule has 5 N–H and O–H groups in total. The van der Waals surface area contributed by atoms with Crippen molar-refractivity contribution in [3.05, 3.63) is 35.7 Å². The lowest BCUT2D eigenvalue weighted by Gasteiger charge is -2.24. The first-order chi connectivity index (χ1) is 16.6. The molecule has 188 valence electrons. The summed E-state index contributed by atoms with van der Waals surface area (Å²) < 4.78 is 47.6. The average molecular weight is 510 g/mol. The minimum atomic E-state index is -4.65. The van der Waals surface area contributed by atoms with Crippen molar-refractivity contribution in [3.8, 4) is 16.3 Å². The highest BCUT2D eigenvalue weighted by Gasteiger charge is 2.35. The topological polar surface area (TPSA) is 124 Å². The number of benzene rings is 1. The normalized spacial score (nSPS) is 16.7. The fraction of sp³-hybridized carbons (Fsp3) is 0.409. The second kappa shape index (κ2) is 9.74. The summed E-state index contributed by atoms with van der Waals surface area (Å²) in [5, 5.41) is 7.02. The predicted molar refractivity (Wildman–Crippen MR) is 129 cm³/mol. The highest BCUT2D eigenvalue weighted by Crippen LogP contribution is 2.41. The van der Waals surface area contributed by atoms with E-state index in [1.54, 1.807) is 11.7 Å². The van der Waals surface area contributed by atoms with E-state index < -0.39 is 17.6 Å². The molecule has 9 nitrogen and oxygen atoms in total. The molecule has 3 heterocycles. The molecule has 1 aliphatic heterocycles. The molecule has 3 aromatic rings. The standard InChI is InChI=1S/C22H26F3N7O2S/c1-31-21(32-8-3-4-12(26)7-9-32)16(11-28-31)29-19(33)17-18(27)35-20(30-17)14-6-5-13(34-2)10-15(14)22(23,24)25/h5-6,10-12H,3-4,7-9,26-27H2,1-2H3,(H,29,33). The Morgan fingerprint density at radius 3 is 2.77 bits per heavy atom. The van der Waals surface area contributed by atoms with E-state index in [-0.39, 0.29) is 33.1 Å². The first kappa shape index (κ1) is 24.8. The number of hydrogen-bond acceptors (Lipinski definition) is 8. The Morgan fingerprint density at radius 1 is 1.29 bits per heavy atom. The van der Waals surface area contributed by atoms with Crippen molar-refractivity contribution in [2.75, 3.05) is 36.1 Å². The van der Waals surface area contributed by atoms with Crippen LogP contribution in [0.4, 0.5) is 29.7 Å². The fourth-order valence-corrected chi connectivity index (χ4v) is 4.96. The Hall–Kier alpha value is -3.32.